The Morgan fingerprint density at radius 2 is 1.64 bits per heavy atom. The zero-order chi connectivity index (χ0) is 32.2. The third kappa shape index (κ3) is 6.54. The first-order valence-electron chi connectivity index (χ1n) is 14.5. The van der Waals surface area contributed by atoms with Crippen LogP contribution < -0.4 is 10.1 Å². The largest absolute Gasteiger partial charge is 0.513 e. The molecule has 0 bridgehead atoms. The van der Waals surface area contributed by atoms with E-state index in [1.54, 1.807) is 13.1 Å². The fraction of sp³-hybridized carbons (Fsp3) is 0.229. The van der Waals surface area contributed by atoms with Gasteiger partial charge in [-0.2, -0.15) is 0 Å². The molecule has 10 heteroatoms. The van der Waals surface area contributed by atoms with E-state index in [0.717, 1.165) is 44.1 Å². The van der Waals surface area contributed by atoms with Crippen LogP contribution in [0.5, 0.6) is 5.75 Å². The Bertz CT molecular complexity index is 1960. The fourth-order valence-corrected chi connectivity index (χ4v) is 5.14. The summed E-state index contributed by atoms with van der Waals surface area (Å²) < 4.78 is 16.7. The van der Waals surface area contributed by atoms with Crippen molar-refractivity contribution >= 4 is 28.7 Å². The van der Waals surface area contributed by atoms with Crippen LogP contribution in [0.15, 0.2) is 82.2 Å². The summed E-state index contributed by atoms with van der Waals surface area (Å²) in [5, 5.41) is 12.6. The summed E-state index contributed by atoms with van der Waals surface area (Å²) in [6.07, 6.45) is -0.980. The van der Waals surface area contributed by atoms with E-state index in [1.807, 2.05) is 51.1 Å². The van der Waals surface area contributed by atoms with Crippen molar-refractivity contribution < 1.29 is 28.4 Å². The van der Waals surface area contributed by atoms with Gasteiger partial charge in [0.25, 0.3) is 11.6 Å². The molecule has 0 saturated heterocycles. The summed E-state index contributed by atoms with van der Waals surface area (Å²) in [5.41, 5.74) is 6.79. The maximum Gasteiger partial charge on any atom is 0.513 e. The first kappa shape index (κ1) is 30.9. The molecular weight excluding hydrogens is 574 g/mol. The van der Waals surface area contributed by atoms with Crippen LogP contribution in [-0.4, -0.2) is 48.6 Å². The van der Waals surface area contributed by atoms with Crippen molar-refractivity contribution in [2.24, 2.45) is 4.99 Å². The number of nitro groups is 1. The van der Waals surface area contributed by atoms with Gasteiger partial charge in [-0.15, -0.1) is 0 Å². The van der Waals surface area contributed by atoms with Crippen molar-refractivity contribution in [1.82, 2.24) is 4.90 Å². The van der Waals surface area contributed by atoms with Gasteiger partial charge in [0.05, 0.1) is 16.8 Å². The third-order valence-corrected chi connectivity index (χ3v) is 7.65. The zero-order valence-electron chi connectivity index (χ0n) is 25.7. The number of likely N-dealkylation sites (N-methyl/N-ethyl adjacent to an activating group) is 1. The predicted molar refractivity (Wildman–Crippen MR) is 171 cm³/mol. The van der Waals surface area contributed by atoms with E-state index >= 15 is 0 Å². The van der Waals surface area contributed by atoms with Crippen molar-refractivity contribution in [3.63, 3.8) is 0 Å². The highest BCUT2D eigenvalue weighted by Gasteiger charge is 2.24. The number of hydrogen-bond donors (Lipinski definition) is 0. The second kappa shape index (κ2) is 13.0. The maximum absolute atomic E-state index is 13.9. The van der Waals surface area contributed by atoms with Crippen LogP contribution in [0.2, 0.25) is 0 Å². The maximum atomic E-state index is 13.9. The Labute approximate surface area is 260 Å². The van der Waals surface area contributed by atoms with Crippen molar-refractivity contribution in [1.29, 1.82) is 0 Å². The molecule has 1 aliphatic carbocycles. The number of nitrogens with zero attached hydrogens (tertiary/aromatic N) is 3. The summed E-state index contributed by atoms with van der Waals surface area (Å²) in [4.78, 5) is 42.4. The van der Waals surface area contributed by atoms with Crippen molar-refractivity contribution in [2.75, 3.05) is 26.7 Å². The number of fused-ring (bicyclic) bond motifs is 2. The van der Waals surface area contributed by atoms with E-state index in [9.17, 15) is 19.7 Å². The monoisotopic (exact) mass is 607 g/mol. The number of hydrogen-bond acceptors (Lipinski definition) is 8. The molecule has 3 aromatic rings. The second-order valence-electron chi connectivity index (χ2n) is 10.7. The van der Waals surface area contributed by atoms with Crippen LogP contribution in [-0.2, 0) is 4.74 Å². The number of rotatable bonds is 8. The van der Waals surface area contributed by atoms with E-state index in [2.05, 4.69) is 24.0 Å². The van der Waals surface area contributed by atoms with E-state index in [1.165, 1.54) is 29.2 Å². The molecule has 3 aromatic carbocycles. The van der Waals surface area contributed by atoms with Gasteiger partial charge in [-0.3, -0.25) is 19.9 Å². The van der Waals surface area contributed by atoms with Gasteiger partial charge >= 0.3 is 6.16 Å². The number of amides is 1. The lowest BCUT2D eigenvalue weighted by Gasteiger charge is -2.22. The Balaban J connectivity index is 1.44. The van der Waals surface area contributed by atoms with Crippen molar-refractivity contribution in [3.05, 3.63) is 111 Å². The minimum Gasteiger partial charge on any atom is -0.456 e. The minimum atomic E-state index is -0.980. The number of non-ortho nitro benzene ring substituents is 1. The Kier molecular flexibility index (Phi) is 8.94. The molecule has 0 N–H and O–H groups in total. The normalized spacial score (nSPS) is 11.5. The molecular formula is C35H33N3O7. The number of nitro benzene ring substituents is 1. The molecule has 1 aliphatic heterocycles. The highest BCUT2D eigenvalue weighted by Crippen LogP contribution is 2.42. The van der Waals surface area contributed by atoms with Gasteiger partial charge in [0.1, 0.15) is 23.7 Å². The molecule has 0 radical (unpaired) electrons. The lowest BCUT2D eigenvalue weighted by atomic mass is 9.88. The first-order valence-corrected chi connectivity index (χ1v) is 14.5. The smallest absolute Gasteiger partial charge is 0.456 e. The van der Waals surface area contributed by atoms with Gasteiger partial charge in [0.2, 0.25) is 0 Å². The van der Waals surface area contributed by atoms with Crippen LogP contribution in [0, 0.1) is 30.9 Å². The molecule has 0 fully saturated rings. The molecule has 10 nitrogen and oxygen atoms in total. The van der Waals surface area contributed by atoms with Gasteiger partial charge in [-0.25, -0.2) is 4.79 Å². The standard InChI is InChI=1S/C35H33N3O7/c1-6-36-30-20-32-29(18-23(30)4)33(28-17-21(2)22(3)19-31(28)45-32)26-9-7-8-10-27(26)34(39)37(5)15-16-43-35(40)44-25-13-11-24(12-14-25)38(41)42/h7-14,17-20H,6,15-16H2,1-5H3. The molecule has 5 rings (SSSR count). The molecule has 1 heterocycles. The highest BCUT2D eigenvalue weighted by atomic mass is 16.7. The summed E-state index contributed by atoms with van der Waals surface area (Å²) in [6.45, 7) is 8.73. The van der Waals surface area contributed by atoms with E-state index in [4.69, 9.17) is 13.9 Å². The molecule has 0 aromatic heterocycles. The van der Waals surface area contributed by atoms with E-state index < -0.39 is 11.1 Å². The van der Waals surface area contributed by atoms with Gasteiger partial charge in [-0.05, 0) is 86.3 Å². The van der Waals surface area contributed by atoms with Crippen LogP contribution in [0.25, 0.3) is 33.4 Å². The van der Waals surface area contributed by atoms with Gasteiger partial charge in [0, 0.05) is 53.9 Å². The van der Waals surface area contributed by atoms with Crippen LogP contribution >= 0.6 is 0 Å². The number of ether oxygens (including phenoxy) is 2. The predicted octanol–water partition coefficient (Wildman–Crippen LogP) is 7.25. The summed E-state index contributed by atoms with van der Waals surface area (Å²) >= 11 is 0. The molecule has 0 spiro atoms. The summed E-state index contributed by atoms with van der Waals surface area (Å²) in [5.74, 6) is 0.529. The topological polar surface area (TPSA) is 124 Å². The second-order valence-corrected chi connectivity index (χ2v) is 10.7. The lowest BCUT2D eigenvalue weighted by molar-refractivity contribution is -0.384. The van der Waals surface area contributed by atoms with Gasteiger partial charge in [-0.1, -0.05) is 18.2 Å². The average Bonchev–Trinajstić information content (AvgIpc) is 3.01. The van der Waals surface area contributed by atoms with Crippen LogP contribution in [0.3, 0.4) is 0 Å². The molecule has 2 aliphatic rings. The number of carbonyl (C=O) groups excluding carboxylic acids is 2. The number of benzene rings is 4. The summed E-state index contributed by atoms with van der Waals surface area (Å²) in [7, 11) is 1.64. The third-order valence-electron chi connectivity index (χ3n) is 7.65. The Morgan fingerprint density at radius 3 is 2.36 bits per heavy atom. The minimum absolute atomic E-state index is 0.105. The number of carbonyl (C=O) groups is 2. The molecule has 0 unspecified atom stereocenters. The molecule has 0 saturated carbocycles. The van der Waals surface area contributed by atoms with Crippen LogP contribution in [0.1, 0.15) is 34.0 Å². The van der Waals surface area contributed by atoms with Crippen molar-refractivity contribution in [2.45, 2.75) is 27.7 Å². The molecule has 230 valence electrons. The van der Waals surface area contributed by atoms with Gasteiger partial charge < -0.3 is 18.8 Å². The lowest BCUT2D eigenvalue weighted by Crippen LogP contribution is -2.31. The molecule has 45 heavy (non-hydrogen) atoms. The molecule has 0 atom stereocenters. The SMILES string of the molecule is CCN=c1cc2oc3cc(C)c(C)cc3c(-c3ccccc3C(=O)N(C)CCOC(=O)Oc3ccc([N+](=O)[O-])cc3)c-2cc1C. The zero-order valence-corrected chi connectivity index (χ0v) is 25.7. The summed E-state index contributed by atoms with van der Waals surface area (Å²) in [6, 6.07) is 20.6. The molecule has 1 amide bonds. The van der Waals surface area contributed by atoms with E-state index in [-0.39, 0.29) is 30.5 Å². The highest BCUT2D eigenvalue weighted by molar-refractivity contribution is 6.09. The Morgan fingerprint density at radius 1 is 0.933 bits per heavy atom. The van der Waals surface area contributed by atoms with Gasteiger partial charge in [0.15, 0.2) is 0 Å². The van der Waals surface area contributed by atoms with E-state index in [0.29, 0.717) is 23.5 Å². The van der Waals surface area contributed by atoms with Crippen molar-refractivity contribution in [3.8, 4) is 28.2 Å². The average molecular weight is 608 g/mol. The quantitative estimate of drug-likeness (QED) is 0.0598. The number of aryl methyl sites for hydroxylation is 3. The first-order chi connectivity index (χ1) is 21.6. The van der Waals surface area contributed by atoms with Crippen LogP contribution in [0.4, 0.5) is 10.5 Å². The fourth-order valence-electron chi connectivity index (χ4n) is 5.14. The Hall–Kier alpha value is -5.51.